The summed E-state index contributed by atoms with van der Waals surface area (Å²) in [5.41, 5.74) is 6.41. The molecule has 0 saturated carbocycles. The summed E-state index contributed by atoms with van der Waals surface area (Å²) in [6, 6.07) is 15.5. The standard InChI is InChI=1S/C20H23NO2S/c1-14-4-6-15(7-5-14)18-12-20(2,3)13-19(18)16-8-10-17(11-9-16)24(21,22)23/h4-11H,12-13H2,1-3H3,(H2,21,22,23). The summed E-state index contributed by atoms with van der Waals surface area (Å²) in [6.45, 7) is 6.63. The summed E-state index contributed by atoms with van der Waals surface area (Å²) in [7, 11) is -3.65. The molecular formula is C20H23NO2S. The Labute approximate surface area is 144 Å². The summed E-state index contributed by atoms with van der Waals surface area (Å²) in [5, 5.41) is 5.20. The SMILES string of the molecule is Cc1ccc(C2=C(c3ccc(S(N)(=O)=O)cc3)CC(C)(C)C2)cc1. The lowest BCUT2D eigenvalue weighted by Gasteiger charge is -2.17. The lowest BCUT2D eigenvalue weighted by atomic mass is 9.87. The fourth-order valence-corrected chi connectivity index (χ4v) is 3.90. The Morgan fingerprint density at radius 3 is 1.67 bits per heavy atom. The van der Waals surface area contributed by atoms with Crippen LogP contribution in [-0.4, -0.2) is 8.42 Å². The second-order valence-corrected chi connectivity index (χ2v) is 8.97. The van der Waals surface area contributed by atoms with Crippen molar-refractivity contribution in [2.45, 2.75) is 38.5 Å². The number of nitrogens with two attached hydrogens (primary N) is 1. The van der Waals surface area contributed by atoms with Gasteiger partial charge < -0.3 is 0 Å². The van der Waals surface area contributed by atoms with Crippen molar-refractivity contribution in [2.24, 2.45) is 10.6 Å². The number of aryl methyl sites for hydroxylation is 1. The molecule has 0 amide bonds. The molecule has 0 spiro atoms. The molecule has 0 aromatic heterocycles. The lowest BCUT2D eigenvalue weighted by Crippen LogP contribution is -2.11. The largest absolute Gasteiger partial charge is 0.238 e. The number of primary sulfonamides is 1. The van der Waals surface area contributed by atoms with Crippen LogP contribution in [0.4, 0.5) is 0 Å². The van der Waals surface area contributed by atoms with Crippen LogP contribution in [0.2, 0.25) is 0 Å². The predicted octanol–water partition coefficient (Wildman–Crippen LogP) is 4.37. The molecule has 1 aliphatic carbocycles. The van der Waals surface area contributed by atoms with Gasteiger partial charge in [-0.1, -0.05) is 55.8 Å². The summed E-state index contributed by atoms with van der Waals surface area (Å²) in [4.78, 5) is 0.154. The molecule has 126 valence electrons. The Morgan fingerprint density at radius 1 is 0.833 bits per heavy atom. The highest BCUT2D eigenvalue weighted by Crippen LogP contribution is 2.49. The van der Waals surface area contributed by atoms with Crippen molar-refractivity contribution in [3.05, 3.63) is 65.2 Å². The zero-order valence-electron chi connectivity index (χ0n) is 14.3. The van der Waals surface area contributed by atoms with E-state index in [0.29, 0.717) is 0 Å². The van der Waals surface area contributed by atoms with Crippen molar-refractivity contribution in [1.29, 1.82) is 0 Å². The van der Waals surface area contributed by atoms with Gasteiger partial charge in [0.25, 0.3) is 0 Å². The van der Waals surface area contributed by atoms with Gasteiger partial charge in [0, 0.05) is 0 Å². The molecular weight excluding hydrogens is 318 g/mol. The van der Waals surface area contributed by atoms with E-state index in [4.69, 9.17) is 5.14 Å². The van der Waals surface area contributed by atoms with Crippen LogP contribution in [0.3, 0.4) is 0 Å². The average Bonchev–Trinajstić information content (AvgIpc) is 2.83. The molecule has 2 aromatic rings. The van der Waals surface area contributed by atoms with Crippen LogP contribution in [0.15, 0.2) is 53.4 Å². The summed E-state index contributed by atoms with van der Waals surface area (Å²) < 4.78 is 22.9. The van der Waals surface area contributed by atoms with Crippen LogP contribution >= 0.6 is 0 Å². The average molecular weight is 341 g/mol. The minimum absolute atomic E-state index is 0.154. The number of rotatable bonds is 3. The van der Waals surface area contributed by atoms with E-state index >= 15 is 0 Å². The van der Waals surface area contributed by atoms with Crippen molar-refractivity contribution < 1.29 is 8.42 Å². The van der Waals surface area contributed by atoms with Crippen molar-refractivity contribution in [2.75, 3.05) is 0 Å². The van der Waals surface area contributed by atoms with E-state index in [1.54, 1.807) is 12.1 Å². The molecule has 2 N–H and O–H groups in total. The highest BCUT2D eigenvalue weighted by atomic mass is 32.2. The first-order valence-electron chi connectivity index (χ1n) is 8.08. The Morgan fingerprint density at radius 2 is 1.25 bits per heavy atom. The fourth-order valence-electron chi connectivity index (χ4n) is 3.39. The Hall–Kier alpha value is -1.91. The zero-order valence-corrected chi connectivity index (χ0v) is 15.2. The third-order valence-corrected chi connectivity index (χ3v) is 5.54. The van der Waals surface area contributed by atoms with Crippen molar-refractivity contribution >= 4 is 21.2 Å². The number of hydrogen-bond acceptors (Lipinski definition) is 2. The number of sulfonamides is 1. The smallest absolute Gasteiger partial charge is 0.225 e. The van der Waals surface area contributed by atoms with E-state index in [1.807, 2.05) is 12.1 Å². The second-order valence-electron chi connectivity index (χ2n) is 7.41. The van der Waals surface area contributed by atoms with Gasteiger partial charge in [0.15, 0.2) is 0 Å². The van der Waals surface area contributed by atoms with Gasteiger partial charge in [-0.2, -0.15) is 0 Å². The Kier molecular flexibility index (Phi) is 4.14. The highest BCUT2D eigenvalue weighted by Gasteiger charge is 2.31. The van der Waals surface area contributed by atoms with E-state index in [2.05, 4.69) is 45.0 Å². The van der Waals surface area contributed by atoms with Gasteiger partial charge in [0.1, 0.15) is 0 Å². The molecule has 0 aliphatic heterocycles. The maximum atomic E-state index is 11.5. The first-order valence-corrected chi connectivity index (χ1v) is 9.63. The highest BCUT2D eigenvalue weighted by molar-refractivity contribution is 7.89. The van der Waals surface area contributed by atoms with Gasteiger partial charge in [-0.3, -0.25) is 0 Å². The van der Waals surface area contributed by atoms with E-state index in [-0.39, 0.29) is 10.3 Å². The third kappa shape index (κ3) is 3.45. The fraction of sp³-hybridized carbons (Fsp3) is 0.300. The molecule has 0 fully saturated rings. The molecule has 24 heavy (non-hydrogen) atoms. The van der Waals surface area contributed by atoms with Crippen LogP contribution < -0.4 is 5.14 Å². The number of benzene rings is 2. The molecule has 0 atom stereocenters. The molecule has 4 heteroatoms. The number of hydrogen-bond donors (Lipinski definition) is 1. The minimum Gasteiger partial charge on any atom is -0.225 e. The minimum atomic E-state index is -3.65. The zero-order chi connectivity index (χ0) is 17.5. The van der Waals surface area contributed by atoms with Gasteiger partial charge in [0.05, 0.1) is 4.90 Å². The van der Waals surface area contributed by atoms with Crippen molar-refractivity contribution in [3.8, 4) is 0 Å². The van der Waals surface area contributed by atoms with Crippen molar-refractivity contribution in [3.63, 3.8) is 0 Å². The first-order chi connectivity index (χ1) is 11.2. The second kappa shape index (κ2) is 5.87. The monoisotopic (exact) mass is 341 g/mol. The van der Waals surface area contributed by atoms with E-state index in [1.165, 1.54) is 22.3 Å². The molecule has 2 aromatic carbocycles. The van der Waals surface area contributed by atoms with Gasteiger partial charge in [0.2, 0.25) is 10.0 Å². The normalized spacial score (nSPS) is 17.3. The van der Waals surface area contributed by atoms with Crippen LogP contribution in [0.1, 0.15) is 43.4 Å². The maximum absolute atomic E-state index is 11.5. The van der Waals surface area contributed by atoms with E-state index in [9.17, 15) is 8.42 Å². The lowest BCUT2D eigenvalue weighted by molar-refractivity contribution is 0.406. The van der Waals surface area contributed by atoms with Crippen molar-refractivity contribution in [1.82, 2.24) is 0 Å². The molecule has 0 radical (unpaired) electrons. The predicted molar refractivity (Wildman–Crippen MR) is 98.8 cm³/mol. The van der Waals surface area contributed by atoms with E-state index < -0.39 is 10.0 Å². The Bertz CT molecular complexity index is 890. The van der Waals surface area contributed by atoms with Gasteiger partial charge in [-0.05, 0) is 59.6 Å². The summed E-state index contributed by atoms with van der Waals surface area (Å²) >= 11 is 0. The summed E-state index contributed by atoms with van der Waals surface area (Å²) in [6.07, 6.45) is 1.99. The quantitative estimate of drug-likeness (QED) is 0.901. The molecule has 1 aliphatic rings. The maximum Gasteiger partial charge on any atom is 0.238 e. The molecule has 0 bridgehead atoms. The molecule has 3 rings (SSSR count). The first kappa shape index (κ1) is 16.9. The Balaban J connectivity index is 2.07. The van der Waals surface area contributed by atoms with Crippen LogP contribution in [-0.2, 0) is 10.0 Å². The van der Waals surface area contributed by atoms with Crippen LogP contribution in [0.25, 0.3) is 11.1 Å². The van der Waals surface area contributed by atoms with Gasteiger partial charge in [-0.25, -0.2) is 13.6 Å². The number of allylic oxidation sites excluding steroid dienone is 2. The third-order valence-electron chi connectivity index (χ3n) is 4.61. The summed E-state index contributed by atoms with van der Waals surface area (Å²) in [5.74, 6) is 0. The van der Waals surface area contributed by atoms with Crippen LogP contribution in [0.5, 0.6) is 0 Å². The molecule has 0 saturated heterocycles. The van der Waals surface area contributed by atoms with Crippen LogP contribution in [0, 0.1) is 12.3 Å². The molecule has 0 heterocycles. The van der Waals surface area contributed by atoms with Gasteiger partial charge in [-0.15, -0.1) is 0 Å². The van der Waals surface area contributed by atoms with E-state index in [0.717, 1.165) is 18.4 Å². The molecule has 0 unspecified atom stereocenters. The van der Waals surface area contributed by atoms with Gasteiger partial charge >= 0.3 is 0 Å². The molecule has 3 nitrogen and oxygen atoms in total. The topological polar surface area (TPSA) is 60.2 Å².